The molecule has 0 spiro atoms. The van der Waals surface area contributed by atoms with Gasteiger partial charge in [-0.2, -0.15) is 0 Å². The first-order valence-corrected chi connectivity index (χ1v) is 8.13. The Kier molecular flexibility index (Phi) is 4.62. The molecule has 1 N–H and O–H groups in total. The molecule has 1 aromatic heterocycles. The van der Waals surface area contributed by atoms with Crippen LogP contribution in [-0.2, 0) is 16.4 Å². The minimum Gasteiger partial charge on any atom is -0.278 e. The highest BCUT2D eigenvalue weighted by Gasteiger charge is 2.13. The van der Waals surface area contributed by atoms with Crippen molar-refractivity contribution in [1.82, 2.24) is 4.98 Å². The third-order valence-corrected chi connectivity index (χ3v) is 4.37. The summed E-state index contributed by atoms with van der Waals surface area (Å²) in [5, 5.41) is 0. The molecule has 0 amide bonds. The summed E-state index contributed by atoms with van der Waals surface area (Å²) in [6.45, 7) is 1.84. The van der Waals surface area contributed by atoms with Crippen molar-refractivity contribution in [2.24, 2.45) is 0 Å². The van der Waals surface area contributed by atoms with Gasteiger partial charge in [-0.15, -0.1) is 11.6 Å². The Hall–Kier alpha value is -1.59. The highest BCUT2D eigenvalue weighted by molar-refractivity contribution is 7.92. The summed E-state index contributed by atoms with van der Waals surface area (Å²) in [5.41, 5.74) is 2.29. The number of hydrogen-bond donors (Lipinski definition) is 1. The maximum atomic E-state index is 12.2. The highest BCUT2D eigenvalue weighted by atomic mass is 35.5. The lowest BCUT2D eigenvalue weighted by molar-refractivity contribution is 0.601. The summed E-state index contributed by atoms with van der Waals surface area (Å²) in [4.78, 5) is 4.27. The minimum absolute atomic E-state index is 0.219. The first kappa shape index (κ1) is 14.8. The summed E-state index contributed by atoms with van der Waals surface area (Å²) in [6.07, 6.45) is 2.21. The number of pyridine rings is 1. The van der Waals surface area contributed by atoms with Crippen molar-refractivity contribution in [2.75, 3.05) is 10.6 Å². The quantitative estimate of drug-likeness (QED) is 0.864. The molecule has 0 aliphatic heterocycles. The normalized spacial score (nSPS) is 11.3. The van der Waals surface area contributed by atoms with Crippen molar-refractivity contribution in [3.8, 4) is 0 Å². The van der Waals surface area contributed by atoms with Crippen LogP contribution in [0.15, 0.2) is 47.5 Å². The van der Waals surface area contributed by atoms with Crippen LogP contribution in [0.4, 0.5) is 5.69 Å². The molecule has 0 saturated heterocycles. The van der Waals surface area contributed by atoms with Crippen molar-refractivity contribution in [3.05, 3.63) is 53.9 Å². The second kappa shape index (κ2) is 6.24. The number of anilines is 1. The first-order valence-electron chi connectivity index (χ1n) is 6.11. The van der Waals surface area contributed by atoms with Gasteiger partial charge in [0.25, 0.3) is 10.0 Å². The molecule has 0 aliphatic rings. The molecule has 0 unspecified atom stereocenters. The number of benzene rings is 1. The number of halogens is 1. The Morgan fingerprint density at radius 3 is 2.40 bits per heavy atom. The van der Waals surface area contributed by atoms with Gasteiger partial charge in [-0.25, -0.2) is 8.42 Å². The fourth-order valence-electron chi connectivity index (χ4n) is 1.69. The summed E-state index contributed by atoms with van der Waals surface area (Å²) in [5.74, 6) is 0.513. The SMILES string of the molecule is Cc1ccc(NS(=O)(=O)c2ccc(CCCl)cc2)cn1. The second-order valence-electron chi connectivity index (χ2n) is 4.38. The number of nitrogens with one attached hydrogen (secondary N) is 1. The zero-order valence-corrected chi connectivity index (χ0v) is 12.6. The molecule has 2 rings (SSSR count). The van der Waals surface area contributed by atoms with Crippen LogP contribution in [0, 0.1) is 6.92 Å². The van der Waals surface area contributed by atoms with E-state index in [1.165, 1.54) is 6.20 Å². The topological polar surface area (TPSA) is 59.1 Å². The maximum Gasteiger partial charge on any atom is 0.261 e. The first-order chi connectivity index (χ1) is 9.51. The van der Waals surface area contributed by atoms with Crippen molar-refractivity contribution >= 4 is 27.3 Å². The maximum absolute atomic E-state index is 12.2. The summed E-state index contributed by atoms with van der Waals surface area (Å²) < 4.78 is 26.9. The predicted molar refractivity (Wildman–Crippen MR) is 80.6 cm³/mol. The largest absolute Gasteiger partial charge is 0.278 e. The molecule has 1 heterocycles. The third kappa shape index (κ3) is 3.71. The molecule has 1 aromatic carbocycles. The van der Waals surface area contributed by atoms with Crippen LogP contribution in [0.25, 0.3) is 0 Å². The number of nitrogens with zero attached hydrogens (tertiary/aromatic N) is 1. The molecule has 4 nitrogen and oxygen atoms in total. The average molecular weight is 311 g/mol. The summed E-state index contributed by atoms with van der Waals surface area (Å²) in [6, 6.07) is 10.1. The summed E-state index contributed by atoms with van der Waals surface area (Å²) in [7, 11) is -3.58. The standard InChI is InChI=1S/C14H15ClN2O2S/c1-11-2-5-13(10-16-11)17-20(18,19)14-6-3-12(4-7-14)8-9-15/h2-7,10,17H,8-9H2,1H3. The number of hydrogen-bond acceptors (Lipinski definition) is 3. The van der Waals surface area contributed by atoms with Crippen molar-refractivity contribution in [3.63, 3.8) is 0 Å². The van der Waals surface area contributed by atoms with Gasteiger partial charge in [0.1, 0.15) is 0 Å². The van der Waals surface area contributed by atoms with Crippen molar-refractivity contribution in [1.29, 1.82) is 0 Å². The molecule has 106 valence electrons. The van der Waals surface area contributed by atoms with Crippen LogP contribution in [0.1, 0.15) is 11.3 Å². The van der Waals surface area contributed by atoms with Gasteiger partial charge in [0.15, 0.2) is 0 Å². The van der Waals surface area contributed by atoms with Gasteiger partial charge in [0.2, 0.25) is 0 Å². The van der Waals surface area contributed by atoms with E-state index in [0.717, 1.165) is 17.7 Å². The predicted octanol–water partition coefficient (Wildman–Crippen LogP) is 2.97. The zero-order chi connectivity index (χ0) is 14.6. The Morgan fingerprint density at radius 1 is 1.15 bits per heavy atom. The monoisotopic (exact) mass is 310 g/mol. The Labute approximate surface area is 123 Å². The number of rotatable bonds is 5. The average Bonchev–Trinajstić information content (AvgIpc) is 2.42. The molecule has 0 saturated carbocycles. The molecule has 20 heavy (non-hydrogen) atoms. The Balaban J connectivity index is 2.19. The van der Waals surface area contributed by atoms with Crippen molar-refractivity contribution in [2.45, 2.75) is 18.2 Å². The van der Waals surface area contributed by atoms with Gasteiger partial charge in [-0.3, -0.25) is 9.71 Å². The second-order valence-corrected chi connectivity index (χ2v) is 6.44. The van der Waals surface area contributed by atoms with Gasteiger partial charge >= 0.3 is 0 Å². The van der Waals surface area contributed by atoms with E-state index in [1.807, 2.05) is 6.92 Å². The van der Waals surface area contributed by atoms with Gasteiger partial charge in [-0.05, 0) is 43.2 Å². The van der Waals surface area contributed by atoms with Crippen LogP contribution >= 0.6 is 11.6 Å². The molecule has 0 aliphatic carbocycles. The van der Waals surface area contributed by atoms with E-state index in [2.05, 4.69) is 9.71 Å². The molecule has 0 atom stereocenters. The summed E-state index contributed by atoms with van der Waals surface area (Å²) >= 11 is 5.65. The number of aromatic nitrogens is 1. The van der Waals surface area contributed by atoms with Crippen LogP contribution in [0.3, 0.4) is 0 Å². The van der Waals surface area contributed by atoms with E-state index in [0.29, 0.717) is 11.6 Å². The fourth-order valence-corrected chi connectivity index (χ4v) is 2.95. The smallest absolute Gasteiger partial charge is 0.261 e. The van der Waals surface area contributed by atoms with Gasteiger partial charge in [0.05, 0.1) is 16.8 Å². The third-order valence-electron chi connectivity index (χ3n) is 2.78. The molecule has 0 fully saturated rings. The lowest BCUT2D eigenvalue weighted by Crippen LogP contribution is -2.13. The van der Waals surface area contributed by atoms with E-state index in [9.17, 15) is 8.42 Å². The van der Waals surface area contributed by atoms with E-state index >= 15 is 0 Å². The Bertz CT molecular complexity index is 667. The lowest BCUT2D eigenvalue weighted by Gasteiger charge is -2.08. The van der Waals surface area contributed by atoms with E-state index < -0.39 is 10.0 Å². The number of sulfonamides is 1. The van der Waals surface area contributed by atoms with Crippen LogP contribution < -0.4 is 4.72 Å². The van der Waals surface area contributed by atoms with Gasteiger partial charge < -0.3 is 0 Å². The molecular formula is C14H15ClN2O2S. The van der Waals surface area contributed by atoms with Crippen LogP contribution in [0.2, 0.25) is 0 Å². The number of aryl methyl sites for hydroxylation is 2. The Morgan fingerprint density at radius 2 is 1.85 bits per heavy atom. The fraction of sp³-hybridized carbons (Fsp3) is 0.214. The highest BCUT2D eigenvalue weighted by Crippen LogP contribution is 2.16. The molecule has 0 bridgehead atoms. The van der Waals surface area contributed by atoms with Gasteiger partial charge in [-0.1, -0.05) is 12.1 Å². The van der Waals surface area contributed by atoms with E-state index in [1.54, 1.807) is 36.4 Å². The lowest BCUT2D eigenvalue weighted by atomic mass is 10.2. The molecular weight excluding hydrogens is 296 g/mol. The molecule has 0 radical (unpaired) electrons. The zero-order valence-electron chi connectivity index (χ0n) is 11.0. The van der Waals surface area contributed by atoms with E-state index in [4.69, 9.17) is 11.6 Å². The molecule has 2 aromatic rings. The van der Waals surface area contributed by atoms with Crippen LogP contribution in [0.5, 0.6) is 0 Å². The van der Waals surface area contributed by atoms with Crippen LogP contribution in [-0.4, -0.2) is 19.3 Å². The number of alkyl halides is 1. The molecule has 6 heteroatoms. The van der Waals surface area contributed by atoms with Crippen molar-refractivity contribution < 1.29 is 8.42 Å². The van der Waals surface area contributed by atoms with Gasteiger partial charge in [0, 0.05) is 11.6 Å². The van der Waals surface area contributed by atoms with E-state index in [-0.39, 0.29) is 4.90 Å². The minimum atomic E-state index is -3.58.